The predicted octanol–water partition coefficient (Wildman–Crippen LogP) is 4.42. The van der Waals surface area contributed by atoms with Crippen molar-refractivity contribution in [3.63, 3.8) is 0 Å². The Balaban J connectivity index is 1.74. The van der Waals surface area contributed by atoms with Crippen molar-refractivity contribution in [3.8, 4) is 0 Å². The van der Waals surface area contributed by atoms with Gasteiger partial charge in [0.1, 0.15) is 16.5 Å². The summed E-state index contributed by atoms with van der Waals surface area (Å²) in [5.74, 6) is 0.884. The lowest BCUT2D eigenvalue weighted by Gasteiger charge is -2.17. The minimum Gasteiger partial charge on any atom is -0.306 e. The van der Waals surface area contributed by atoms with Gasteiger partial charge in [-0.1, -0.05) is 25.1 Å². The molecule has 0 fully saturated rings. The third-order valence-corrected chi connectivity index (χ3v) is 5.61. The fourth-order valence-electron chi connectivity index (χ4n) is 3.23. The number of nitrogens with one attached hydrogen (secondary N) is 1. The second kappa shape index (κ2) is 5.98. The van der Waals surface area contributed by atoms with Crippen LogP contribution in [-0.2, 0) is 12.8 Å². The highest BCUT2D eigenvalue weighted by molar-refractivity contribution is 7.18. The van der Waals surface area contributed by atoms with Crippen LogP contribution in [0.4, 0.5) is 4.39 Å². The minimum atomic E-state index is -0.283. The molecule has 0 aliphatic heterocycles. The molecule has 1 atom stereocenters. The van der Waals surface area contributed by atoms with E-state index in [0.717, 1.165) is 35.0 Å². The summed E-state index contributed by atoms with van der Waals surface area (Å²) in [7, 11) is 0. The zero-order valence-electron chi connectivity index (χ0n) is 13.3. The maximum absolute atomic E-state index is 13.2. The van der Waals surface area contributed by atoms with Crippen molar-refractivity contribution in [2.45, 2.75) is 26.2 Å². The standard InChI is InChI=1S/C19H17FN2OS/c1-11-5-7-14-15(9-11)24-19-17(14)18(23)21-16(22-19)8-6-12-3-2-4-13(20)10-12/h2-4,6,8,10-11H,5,7,9H2,1H3,(H,21,22,23)/b8-6+/t11-/m1/s1. The normalized spacial score (nSPS) is 17.5. The average molecular weight is 340 g/mol. The van der Waals surface area contributed by atoms with Crippen LogP contribution in [0.15, 0.2) is 29.1 Å². The van der Waals surface area contributed by atoms with Crippen LogP contribution >= 0.6 is 11.3 Å². The molecule has 3 nitrogen and oxygen atoms in total. The molecule has 122 valence electrons. The van der Waals surface area contributed by atoms with E-state index in [1.54, 1.807) is 35.6 Å². The Labute approximate surface area is 142 Å². The van der Waals surface area contributed by atoms with Gasteiger partial charge in [0.05, 0.1) is 5.39 Å². The highest BCUT2D eigenvalue weighted by Gasteiger charge is 2.22. The third-order valence-electron chi connectivity index (χ3n) is 4.47. The summed E-state index contributed by atoms with van der Waals surface area (Å²) in [6, 6.07) is 6.31. The highest BCUT2D eigenvalue weighted by atomic mass is 32.1. The fraction of sp³-hybridized carbons (Fsp3) is 0.263. The number of aromatic amines is 1. The van der Waals surface area contributed by atoms with Gasteiger partial charge < -0.3 is 4.98 Å². The van der Waals surface area contributed by atoms with Gasteiger partial charge in [-0.3, -0.25) is 4.79 Å². The summed E-state index contributed by atoms with van der Waals surface area (Å²) in [5.41, 5.74) is 1.84. The van der Waals surface area contributed by atoms with Crippen LogP contribution < -0.4 is 5.56 Å². The summed E-state index contributed by atoms with van der Waals surface area (Å²) < 4.78 is 13.2. The smallest absolute Gasteiger partial charge is 0.260 e. The van der Waals surface area contributed by atoms with Crippen molar-refractivity contribution in [3.05, 3.63) is 62.3 Å². The highest BCUT2D eigenvalue weighted by Crippen LogP contribution is 2.35. The quantitative estimate of drug-likeness (QED) is 0.750. The maximum atomic E-state index is 13.2. The van der Waals surface area contributed by atoms with E-state index in [4.69, 9.17) is 0 Å². The lowest BCUT2D eigenvalue weighted by molar-refractivity contribution is 0.509. The molecule has 0 amide bonds. The SMILES string of the molecule is C[C@@H]1CCc2c(sc3nc(/C=C/c4cccc(F)c4)[nH]c(=O)c23)C1. The van der Waals surface area contributed by atoms with Gasteiger partial charge in [-0.2, -0.15) is 0 Å². The number of aryl methyl sites for hydroxylation is 1. The van der Waals surface area contributed by atoms with Crippen LogP contribution in [0.1, 0.15) is 35.2 Å². The summed E-state index contributed by atoms with van der Waals surface area (Å²) in [6.45, 7) is 2.25. The molecule has 1 aromatic carbocycles. The number of halogens is 1. The van der Waals surface area contributed by atoms with E-state index in [1.165, 1.54) is 22.6 Å². The molecule has 1 aliphatic rings. The molecule has 0 unspecified atom stereocenters. The van der Waals surface area contributed by atoms with Gasteiger partial charge in [0.2, 0.25) is 0 Å². The van der Waals surface area contributed by atoms with Crippen molar-refractivity contribution in [2.75, 3.05) is 0 Å². The molecule has 0 radical (unpaired) electrons. The molecule has 2 heterocycles. The Bertz CT molecular complexity index is 1000. The largest absolute Gasteiger partial charge is 0.306 e. The van der Waals surface area contributed by atoms with Gasteiger partial charge >= 0.3 is 0 Å². The average Bonchev–Trinajstić information content (AvgIpc) is 2.90. The lowest BCUT2D eigenvalue weighted by Crippen LogP contribution is -2.13. The van der Waals surface area contributed by atoms with Gasteiger partial charge in [0.15, 0.2) is 0 Å². The van der Waals surface area contributed by atoms with Crippen LogP contribution in [-0.4, -0.2) is 9.97 Å². The van der Waals surface area contributed by atoms with E-state index < -0.39 is 0 Å². The van der Waals surface area contributed by atoms with Crippen molar-refractivity contribution in [1.82, 2.24) is 9.97 Å². The monoisotopic (exact) mass is 340 g/mol. The second-order valence-corrected chi connectivity index (χ2v) is 7.46. The fourth-order valence-corrected chi connectivity index (χ4v) is 4.62. The van der Waals surface area contributed by atoms with E-state index in [9.17, 15) is 9.18 Å². The first-order valence-corrected chi connectivity index (χ1v) is 8.90. The van der Waals surface area contributed by atoms with E-state index in [0.29, 0.717) is 11.7 Å². The number of nitrogens with zero attached hydrogens (tertiary/aromatic N) is 1. The number of benzene rings is 1. The Morgan fingerprint density at radius 2 is 2.25 bits per heavy atom. The Morgan fingerprint density at radius 3 is 3.08 bits per heavy atom. The Hall–Kier alpha value is -2.27. The Kier molecular flexibility index (Phi) is 3.81. The first-order chi connectivity index (χ1) is 11.6. The first-order valence-electron chi connectivity index (χ1n) is 8.08. The molecule has 1 N–H and O–H groups in total. The number of hydrogen-bond acceptors (Lipinski definition) is 3. The predicted molar refractivity (Wildman–Crippen MR) is 96.8 cm³/mol. The van der Waals surface area contributed by atoms with Crippen LogP contribution in [0.5, 0.6) is 0 Å². The molecular formula is C19H17FN2OS. The van der Waals surface area contributed by atoms with Gasteiger partial charge in [0.25, 0.3) is 5.56 Å². The number of aromatic nitrogens is 2. The number of rotatable bonds is 2. The summed E-state index contributed by atoms with van der Waals surface area (Å²) >= 11 is 1.63. The first kappa shape index (κ1) is 15.3. The molecule has 5 heteroatoms. The second-order valence-electron chi connectivity index (χ2n) is 6.37. The van der Waals surface area contributed by atoms with E-state index in [-0.39, 0.29) is 11.4 Å². The zero-order valence-corrected chi connectivity index (χ0v) is 14.1. The summed E-state index contributed by atoms with van der Waals surface area (Å²) in [6.07, 6.45) is 6.59. The molecule has 0 saturated heterocycles. The molecule has 3 aromatic rings. The van der Waals surface area contributed by atoms with Crippen molar-refractivity contribution >= 4 is 33.7 Å². The van der Waals surface area contributed by atoms with Gasteiger partial charge in [0, 0.05) is 4.88 Å². The molecule has 4 rings (SSSR count). The van der Waals surface area contributed by atoms with E-state index in [2.05, 4.69) is 16.9 Å². The van der Waals surface area contributed by atoms with Gasteiger partial charge in [-0.15, -0.1) is 11.3 Å². The van der Waals surface area contributed by atoms with E-state index in [1.807, 2.05) is 0 Å². The van der Waals surface area contributed by atoms with Crippen molar-refractivity contribution in [1.29, 1.82) is 0 Å². The number of hydrogen-bond donors (Lipinski definition) is 1. The van der Waals surface area contributed by atoms with Crippen LogP contribution in [0.25, 0.3) is 22.4 Å². The molecular weight excluding hydrogens is 323 g/mol. The number of H-pyrrole nitrogens is 1. The lowest BCUT2D eigenvalue weighted by atomic mass is 9.89. The van der Waals surface area contributed by atoms with Gasteiger partial charge in [-0.05, 0) is 54.5 Å². The van der Waals surface area contributed by atoms with Crippen LogP contribution in [0.3, 0.4) is 0 Å². The third kappa shape index (κ3) is 2.80. The van der Waals surface area contributed by atoms with Crippen LogP contribution in [0, 0.1) is 11.7 Å². The Morgan fingerprint density at radius 1 is 1.38 bits per heavy atom. The molecule has 0 bridgehead atoms. The molecule has 0 spiro atoms. The number of thiophene rings is 1. The number of fused-ring (bicyclic) bond motifs is 3. The molecule has 24 heavy (non-hydrogen) atoms. The zero-order chi connectivity index (χ0) is 16.7. The molecule has 0 saturated carbocycles. The molecule has 1 aliphatic carbocycles. The molecule has 2 aromatic heterocycles. The van der Waals surface area contributed by atoms with Gasteiger partial charge in [-0.25, -0.2) is 9.37 Å². The maximum Gasteiger partial charge on any atom is 0.260 e. The van der Waals surface area contributed by atoms with Crippen LogP contribution in [0.2, 0.25) is 0 Å². The topological polar surface area (TPSA) is 45.8 Å². The minimum absolute atomic E-state index is 0.0778. The summed E-state index contributed by atoms with van der Waals surface area (Å²) in [5, 5.41) is 0.754. The van der Waals surface area contributed by atoms with E-state index >= 15 is 0 Å². The summed E-state index contributed by atoms with van der Waals surface area (Å²) in [4.78, 5) is 22.0. The van der Waals surface area contributed by atoms with Crippen molar-refractivity contribution in [2.24, 2.45) is 5.92 Å². The van der Waals surface area contributed by atoms with Crippen molar-refractivity contribution < 1.29 is 4.39 Å².